The molecule has 1 fully saturated rings. The highest BCUT2D eigenvalue weighted by atomic mass is 28.4. The third kappa shape index (κ3) is 8.10. The van der Waals surface area contributed by atoms with E-state index in [0.29, 0.717) is 25.7 Å². The van der Waals surface area contributed by atoms with Gasteiger partial charge in [0.2, 0.25) is 0 Å². The summed E-state index contributed by atoms with van der Waals surface area (Å²) in [6.07, 6.45) is 2.90. The molecule has 6 heteroatoms. The largest absolute Gasteiger partial charge is 0.501 e. The fraction of sp³-hybridized carbons (Fsp3) is 0.400. The molecule has 0 spiro atoms. The van der Waals surface area contributed by atoms with Gasteiger partial charge in [0, 0.05) is 13.2 Å². The fourth-order valence-electron chi connectivity index (χ4n) is 4.74. The van der Waals surface area contributed by atoms with Crippen molar-refractivity contribution in [2.75, 3.05) is 7.11 Å². The van der Waals surface area contributed by atoms with E-state index in [1.54, 1.807) is 7.11 Å². The normalized spacial score (nSPS) is 20.3. The first-order valence-corrected chi connectivity index (χ1v) is 14.8. The number of ether oxygens (including phenoxy) is 1. The van der Waals surface area contributed by atoms with E-state index < -0.39 is 14.9 Å². The molecule has 1 aliphatic carbocycles. The van der Waals surface area contributed by atoms with Crippen molar-refractivity contribution in [1.82, 2.24) is 0 Å². The van der Waals surface area contributed by atoms with Crippen LogP contribution in [0.25, 0.3) is 0 Å². The molecular weight excluding hydrogens is 468 g/mol. The van der Waals surface area contributed by atoms with Gasteiger partial charge in [0.05, 0.1) is 32.0 Å². The summed E-state index contributed by atoms with van der Waals surface area (Å²) < 4.78 is 25.1. The first-order chi connectivity index (χ1) is 17.7. The van der Waals surface area contributed by atoms with Gasteiger partial charge in [-0.1, -0.05) is 91.0 Å². The van der Waals surface area contributed by atoms with Crippen LogP contribution >= 0.6 is 0 Å². The van der Waals surface area contributed by atoms with E-state index in [1.165, 1.54) is 0 Å². The van der Waals surface area contributed by atoms with E-state index in [0.717, 1.165) is 48.4 Å². The van der Waals surface area contributed by atoms with E-state index in [-0.39, 0.29) is 6.10 Å². The van der Waals surface area contributed by atoms with Crippen molar-refractivity contribution in [2.24, 2.45) is 5.92 Å². The third-order valence-electron chi connectivity index (χ3n) is 6.95. The van der Waals surface area contributed by atoms with E-state index >= 15 is 0 Å². The van der Waals surface area contributed by atoms with Gasteiger partial charge >= 0.3 is 8.80 Å². The molecule has 1 saturated carbocycles. The molecule has 36 heavy (non-hydrogen) atoms. The van der Waals surface area contributed by atoms with Crippen molar-refractivity contribution in [3.63, 3.8) is 0 Å². The summed E-state index contributed by atoms with van der Waals surface area (Å²) in [4.78, 5) is 0. The Morgan fingerprint density at radius 3 is 1.72 bits per heavy atom. The molecule has 1 N–H and O–H groups in total. The van der Waals surface area contributed by atoms with Gasteiger partial charge in [-0.15, -0.1) is 0 Å². The van der Waals surface area contributed by atoms with Crippen molar-refractivity contribution >= 4 is 8.80 Å². The smallest absolute Gasteiger partial charge is 0.390 e. The van der Waals surface area contributed by atoms with Crippen LogP contribution < -0.4 is 0 Å². The van der Waals surface area contributed by atoms with Gasteiger partial charge in [0.1, 0.15) is 0 Å². The molecule has 0 saturated heterocycles. The van der Waals surface area contributed by atoms with Gasteiger partial charge in [-0.2, -0.15) is 0 Å². The van der Waals surface area contributed by atoms with Gasteiger partial charge in [-0.05, 0) is 48.3 Å². The van der Waals surface area contributed by atoms with Gasteiger partial charge < -0.3 is 23.1 Å². The minimum absolute atomic E-state index is 0.155. The molecule has 3 atom stereocenters. The molecular formula is C30H38O5Si. The lowest BCUT2D eigenvalue weighted by molar-refractivity contribution is -0.0791. The van der Waals surface area contributed by atoms with Crippen LogP contribution in [0.3, 0.4) is 0 Å². The number of hydrogen-bond acceptors (Lipinski definition) is 5. The lowest BCUT2D eigenvalue weighted by Gasteiger charge is -2.35. The van der Waals surface area contributed by atoms with E-state index in [4.69, 9.17) is 18.0 Å². The van der Waals surface area contributed by atoms with Crippen molar-refractivity contribution in [3.8, 4) is 0 Å². The number of benzene rings is 3. The number of hydrogen-bond donors (Lipinski definition) is 1. The molecule has 4 rings (SSSR count). The summed E-state index contributed by atoms with van der Waals surface area (Å²) in [6, 6.07) is 31.2. The van der Waals surface area contributed by atoms with Crippen molar-refractivity contribution in [2.45, 2.75) is 63.8 Å². The minimum Gasteiger partial charge on any atom is -0.390 e. The molecule has 0 radical (unpaired) electrons. The fourth-order valence-corrected chi connectivity index (χ4v) is 7.08. The first-order valence-electron chi connectivity index (χ1n) is 12.9. The topological polar surface area (TPSA) is 57.2 Å². The van der Waals surface area contributed by atoms with Gasteiger partial charge in [-0.3, -0.25) is 0 Å². The maximum atomic E-state index is 10.6. The summed E-state index contributed by atoms with van der Waals surface area (Å²) >= 11 is 0. The molecule has 1 aliphatic rings. The zero-order chi connectivity index (χ0) is 25.1. The van der Waals surface area contributed by atoms with Crippen molar-refractivity contribution < 1.29 is 23.1 Å². The summed E-state index contributed by atoms with van der Waals surface area (Å²) in [5.41, 5.74) is 3.33. The highest BCUT2D eigenvalue weighted by Crippen LogP contribution is 2.33. The zero-order valence-corrected chi connectivity index (χ0v) is 22.1. The quantitative estimate of drug-likeness (QED) is 0.282. The van der Waals surface area contributed by atoms with Crippen molar-refractivity contribution in [1.29, 1.82) is 0 Å². The van der Waals surface area contributed by atoms with E-state index in [1.807, 2.05) is 54.6 Å². The third-order valence-corrected chi connectivity index (χ3v) is 9.64. The number of aliphatic hydroxyl groups is 1. The molecule has 0 amide bonds. The SMILES string of the molecule is CO[Si](CCC1CCC(O)C(OCc2ccccc2)C1)(OCc1ccccc1)OCc1ccccc1. The van der Waals surface area contributed by atoms with Crippen LogP contribution in [0.5, 0.6) is 0 Å². The molecule has 192 valence electrons. The zero-order valence-electron chi connectivity index (χ0n) is 21.1. The summed E-state index contributed by atoms with van der Waals surface area (Å²) in [7, 11) is -1.23. The van der Waals surface area contributed by atoms with Crippen LogP contribution in [0.4, 0.5) is 0 Å². The van der Waals surface area contributed by atoms with E-state index in [9.17, 15) is 5.11 Å². The van der Waals surface area contributed by atoms with Crippen LogP contribution in [0.2, 0.25) is 6.04 Å². The highest BCUT2D eigenvalue weighted by Gasteiger charge is 2.42. The Morgan fingerprint density at radius 1 is 0.722 bits per heavy atom. The van der Waals surface area contributed by atoms with Crippen LogP contribution in [-0.4, -0.2) is 33.2 Å². The Morgan fingerprint density at radius 2 is 1.22 bits per heavy atom. The molecule has 3 aromatic rings. The maximum absolute atomic E-state index is 10.6. The monoisotopic (exact) mass is 506 g/mol. The molecule has 3 unspecified atom stereocenters. The average Bonchev–Trinajstić information content (AvgIpc) is 2.94. The lowest BCUT2D eigenvalue weighted by Crippen LogP contribution is -2.45. The maximum Gasteiger partial charge on any atom is 0.501 e. The molecule has 3 aromatic carbocycles. The van der Waals surface area contributed by atoms with Gasteiger partial charge in [0.25, 0.3) is 0 Å². The molecule has 5 nitrogen and oxygen atoms in total. The van der Waals surface area contributed by atoms with Crippen LogP contribution in [0.1, 0.15) is 42.4 Å². The standard InChI is InChI=1S/C30H38O5Si/c1-32-36(34-23-27-13-7-3-8-14-27,35-24-28-15-9-4-10-16-28)20-19-25-17-18-29(31)30(21-25)33-22-26-11-5-2-6-12-26/h2-16,25,29-31H,17-24H2,1H3. The second-order valence-electron chi connectivity index (χ2n) is 9.56. The first kappa shape index (κ1) is 26.7. The molecule has 0 bridgehead atoms. The highest BCUT2D eigenvalue weighted by molar-refractivity contribution is 6.60. The van der Waals surface area contributed by atoms with Gasteiger partial charge in [-0.25, -0.2) is 0 Å². The molecule has 0 heterocycles. The van der Waals surface area contributed by atoms with Crippen LogP contribution in [-0.2, 0) is 37.8 Å². The number of rotatable bonds is 13. The number of aliphatic hydroxyl groups excluding tert-OH is 1. The van der Waals surface area contributed by atoms with E-state index in [2.05, 4.69) is 36.4 Å². The molecule has 0 aromatic heterocycles. The van der Waals surface area contributed by atoms with Crippen LogP contribution in [0.15, 0.2) is 91.0 Å². The van der Waals surface area contributed by atoms with Crippen molar-refractivity contribution in [3.05, 3.63) is 108 Å². The minimum atomic E-state index is -2.93. The summed E-state index contributed by atoms with van der Waals surface area (Å²) in [6.45, 7) is 1.44. The molecule has 0 aliphatic heterocycles. The Kier molecular flexibility index (Phi) is 10.3. The predicted octanol–water partition coefficient (Wildman–Crippen LogP) is 6.14. The summed E-state index contributed by atoms with van der Waals surface area (Å²) in [5, 5.41) is 10.6. The Hall–Kier alpha value is -2.32. The second kappa shape index (κ2) is 13.8. The van der Waals surface area contributed by atoms with Crippen LogP contribution in [0, 0.1) is 5.92 Å². The lowest BCUT2D eigenvalue weighted by atomic mass is 9.84. The Balaban J connectivity index is 1.37. The Labute approximate surface area is 216 Å². The Bertz CT molecular complexity index is 958. The summed E-state index contributed by atoms with van der Waals surface area (Å²) in [5.74, 6) is 0.428. The van der Waals surface area contributed by atoms with Gasteiger partial charge in [0.15, 0.2) is 0 Å². The average molecular weight is 507 g/mol. The second-order valence-corrected chi connectivity index (χ2v) is 12.4. The predicted molar refractivity (Wildman–Crippen MR) is 143 cm³/mol.